The normalized spacial score (nSPS) is 10.1. The minimum atomic E-state index is -1.14. The van der Waals surface area contributed by atoms with E-state index in [0.717, 1.165) is 24.1 Å². The van der Waals surface area contributed by atoms with Crippen LogP contribution in [-0.2, 0) is 4.79 Å². The van der Waals surface area contributed by atoms with Crippen molar-refractivity contribution in [2.45, 2.75) is 26.2 Å². The molecule has 1 aromatic rings. The molecule has 1 aromatic carbocycles. The number of carboxylic acids is 1. The zero-order valence-corrected chi connectivity index (χ0v) is 12.0. The Labute approximate surface area is 122 Å². The quantitative estimate of drug-likeness (QED) is 0.289. The Bertz CT molecular complexity index is 430. The van der Waals surface area contributed by atoms with Crippen LogP contribution in [-0.4, -0.2) is 32.3 Å². The molecule has 0 atom stereocenters. The zero-order chi connectivity index (χ0) is 15.5. The monoisotopic (exact) mass is 302 g/mol. The number of halogens is 1. The number of alkyl halides is 1. The number of rotatable bonds is 5. The number of aromatic hydroxyl groups is 3. The SMILES string of the molecule is CCCCCCl.O=C(O)C=Cc1cc(O)c(O)c(O)c1. The summed E-state index contributed by atoms with van der Waals surface area (Å²) in [5.74, 6) is -1.95. The topological polar surface area (TPSA) is 98.0 Å². The molecule has 0 bridgehead atoms. The van der Waals surface area contributed by atoms with Gasteiger partial charge in [0, 0.05) is 12.0 Å². The van der Waals surface area contributed by atoms with Crippen molar-refractivity contribution in [1.29, 1.82) is 0 Å². The standard InChI is InChI=1S/C9H8O5.C5H11Cl/c10-6-3-5(1-2-8(12)13)4-7(11)9(6)14;1-2-3-4-5-6/h1-4,10-11,14H,(H,12,13);2-5H2,1H3. The van der Waals surface area contributed by atoms with Crippen molar-refractivity contribution in [2.75, 3.05) is 5.88 Å². The number of carbonyl (C=O) groups is 1. The highest BCUT2D eigenvalue weighted by atomic mass is 35.5. The third-order valence-corrected chi connectivity index (χ3v) is 2.51. The summed E-state index contributed by atoms with van der Waals surface area (Å²) < 4.78 is 0. The van der Waals surface area contributed by atoms with Crippen LogP contribution < -0.4 is 0 Å². The Morgan fingerprint density at radius 3 is 2.10 bits per heavy atom. The van der Waals surface area contributed by atoms with Crippen molar-refractivity contribution in [3.05, 3.63) is 23.8 Å². The third kappa shape index (κ3) is 7.53. The van der Waals surface area contributed by atoms with Crippen LogP contribution in [0.4, 0.5) is 0 Å². The maximum atomic E-state index is 10.1. The molecular weight excluding hydrogens is 284 g/mol. The molecule has 5 nitrogen and oxygen atoms in total. The van der Waals surface area contributed by atoms with Gasteiger partial charge in [0.1, 0.15) is 0 Å². The summed E-state index contributed by atoms with van der Waals surface area (Å²) in [5, 5.41) is 35.4. The Morgan fingerprint density at radius 1 is 1.20 bits per heavy atom. The zero-order valence-electron chi connectivity index (χ0n) is 11.2. The molecule has 0 aliphatic rings. The van der Waals surface area contributed by atoms with Crippen LogP contribution in [0.25, 0.3) is 6.08 Å². The van der Waals surface area contributed by atoms with Crippen LogP contribution in [0.2, 0.25) is 0 Å². The molecule has 0 aliphatic carbocycles. The van der Waals surface area contributed by atoms with Crippen LogP contribution in [0.3, 0.4) is 0 Å². The van der Waals surface area contributed by atoms with Gasteiger partial charge in [-0.25, -0.2) is 4.79 Å². The van der Waals surface area contributed by atoms with Gasteiger partial charge in [-0.15, -0.1) is 11.6 Å². The number of hydrogen-bond donors (Lipinski definition) is 4. The lowest BCUT2D eigenvalue weighted by atomic mass is 10.1. The van der Waals surface area contributed by atoms with Crippen molar-refractivity contribution in [3.63, 3.8) is 0 Å². The van der Waals surface area contributed by atoms with E-state index >= 15 is 0 Å². The van der Waals surface area contributed by atoms with Crippen LogP contribution in [0, 0.1) is 0 Å². The molecule has 0 amide bonds. The second-order valence-electron chi connectivity index (χ2n) is 3.98. The molecule has 0 saturated carbocycles. The molecule has 4 N–H and O–H groups in total. The first kappa shape index (κ1) is 18.1. The molecular formula is C14H19ClO5. The first-order valence-electron chi connectivity index (χ1n) is 6.14. The van der Waals surface area contributed by atoms with E-state index in [4.69, 9.17) is 32.0 Å². The number of benzene rings is 1. The van der Waals surface area contributed by atoms with Gasteiger partial charge in [0.05, 0.1) is 0 Å². The number of phenolic OH excluding ortho intramolecular Hbond substituents is 3. The lowest BCUT2D eigenvalue weighted by molar-refractivity contribution is -0.131. The van der Waals surface area contributed by atoms with E-state index in [9.17, 15) is 4.79 Å². The van der Waals surface area contributed by atoms with E-state index in [2.05, 4.69) is 6.92 Å². The first-order valence-corrected chi connectivity index (χ1v) is 6.67. The van der Waals surface area contributed by atoms with E-state index in [-0.39, 0.29) is 5.56 Å². The van der Waals surface area contributed by atoms with Crippen LogP contribution in [0.1, 0.15) is 31.7 Å². The molecule has 0 fully saturated rings. The summed E-state index contributed by atoms with van der Waals surface area (Å²) in [6, 6.07) is 2.27. The number of aliphatic carboxylic acids is 1. The summed E-state index contributed by atoms with van der Waals surface area (Å²) in [6.45, 7) is 2.17. The summed E-state index contributed by atoms with van der Waals surface area (Å²) in [7, 11) is 0. The van der Waals surface area contributed by atoms with Gasteiger partial charge in [0.25, 0.3) is 0 Å². The van der Waals surface area contributed by atoms with Crippen molar-refractivity contribution < 1.29 is 25.2 Å². The van der Waals surface area contributed by atoms with Gasteiger partial charge in [0.15, 0.2) is 17.2 Å². The average Bonchev–Trinajstić information content (AvgIpc) is 2.40. The molecule has 112 valence electrons. The highest BCUT2D eigenvalue weighted by molar-refractivity contribution is 6.17. The maximum Gasteiger partial charge on any atom is 0.328 e. The Balaban J connectivity index is 0.000000511. The van der Waals surface area contributed by atoms with Crippen LogP contribution in [0.5, 0.6) is 17.2 Å². The smallest absolute Gasteiger partial charge is 0.328 e. The van der Waals surface area contributed by atoms with Gasteiger partial charge >= 0.3 is 5.97 Å². The minimum absolute atomic E-state index is 0.278. The van der Waals surface area contributed by atoms with Gasteiger partial charge < -0.3 is 20.4 Å². The van der Waals surface area contributed by atoms with E-state index < -0.39 is 23.2 Å². The van der Waals surface area contributed by atoms with E-state index in [1.807, 2.05) is 0 Å². The first-order chi connectivity index (χ1) is 9.42. The molecule has 0 heterocycles. The number of phenols is 3. The summed E-state index contributed by atoms with van der Waals surface area (Å²) >= 11 is 5.38. The molecule has 1 rings (SSSR count). The van der Waals surface area contributed by atoms with E-state index in [0.29, 0.717) is 0 Å². The van der Waals surface area contributed by atoms with E-state index in [1.165, 1.54) is 25.3 Å². The fourth-order valence-electron chi connectivity index (χ4n) is 1.23. The van der Waals surface area contributed by atoms with Crippen molar-refractivity contribution in [1.82, 2.24) is 0 Å². The summed E-state index contributed by atoms with van der Waals surface area (Å²) in [6.07, 6.45) is 5.76. The molecule has 0 spiro atoms. The maximum absolute atomic E-state index is 10.1. The minimum Gasteiger partial charge on any atom is -0.504 e. The summed E-state index contributed by atoms with van der Waals surface area (Å²) in [5.41, 5.74) is 0.278. The number of hydrogen-bond acceptors (Lipinski definition) is 4. The van der Waals surface area contributed by atoms with Gasteiger partial charge in [-0.2, -0.15) is 0 Å². The fraction of sp³-hybridized carbons (Fsp3) is 0.357. The van der Waals surface area contributed by atoms with Gasteiger partial charge in [0.2, 0.25) is 0 Å². The molecule has 0 radical (unpaired) electrons. The lowest BCUT2D eigenvalue weighted by Crippen LogP contribution is -1.85. The Hall–Kier alpha value is -1.88. The van der Waals surface area contributed by atoms with Gasteiger partial charge in [-0.05, 0) is 30.2 Å². The predicted molar refractivity (Wildman–Crippen MR) is 78.4 cm³/mol. The second-order valence-corrected chi connectivity index (χ2v) is 4.35. The molecule has 0 unspecified atom stereocenters. The van der Waals surface area contributed by atoms with Crippen molar-refractivity contribution in [2.24, 2.45) is 0 Å². The number of unbranched alkanes of at least 4 members (excludes halogenated alkanes) is 2. The second kappa shape index (κ2) is 9.97. The largest absolute Gasteiger partial charge is 0.504 e. The highest BCUT2D eigenvalue weighted by Gasteiger charge is 2.06. The van der Waals surface area contributed by atoms with Crippen molar-refractivity contribution >= 4 is 23.6 Å². The number of carboxylic acid groups (broad SMARTS) is 1. The van der Waals surface area contributed by atoms with E-state index in [1.54, 1.807) is 0 Å². The highest BCUT2D eigenvalue weighted by Crippen LogP contribution is 2.35. The van der Waals surface area contributed by atoms with Crippen LogP contribution >= 0.6 is 11.6 Å². The molecule has 20 heavy (non-hydrogen) atoms. The van der Waals surface area contributed by atoms with Gasteiger partial charge in [-0.1, -0.05) is 19.8 Å². The lowest BCUT2D eigenvalue weighted by Gasteiger charge is -2.01. The predicted octanol–water partition coefficient (Wildman–Crippen LogP) is 3.32. The molecule has 0 saturated heterocycles. The van der Waals surface area contributed by atoms with Gasteiger partial charge in [-0.3, -0.25) is 0 Å². The molecule has 0 aromatic heterocycles. The Morgan fingerprint density at radius 2 is 1.75 bits per heavy atom. The fourth-order valence-corrected chi connectivity index (χ4v) is 1.42. The van der Waals surface area contributed by atoms with Crippen LogP contribution in [0.15, 0.2) is 18.2 Å². The molecule has 0 aliphatic heterocycles. The Kier molecular flexibility index (Phi) is 9.04. The average molecular weight is 303 g/mol. The van der Waals surface area contributed by atoms with Crippen molar-refractivity contribution in [3.8, 4) is 17.2 Å². The molecule has 6 heteroatoms. The third-order valence-electron chi connectivity index (χ3n) is 2.25. The summed E-state index contributed by atoms with van der Waals surface area (Å²) in [4.78, 5) is 10.1.